The lowest BCUT2D eigenvalue weighted by Crippen LogP contribution is -2.30. The zero-order valence-corrected chi connectivity index (χ0v) is 9.40. The Bertz CT molecular complexity index is 514. The highest BCUT2D eigenvalue weighted by atomic mass is 16.3. The maximum atomic E-state index is 11.0. The lowest BCUT2D eigenvalue weighted by atomic mass is 10.2. The van der Waals surface area contributed by atoms with Gasteiger partial charge in [-0.05, 0) is 12.1 Å². The van der Waals surface area contributed by atoms with Crippen LogP contribution in [0.4, 0.5) is 0 Å². The molecule has 1 unspecified atom stereocenters. The molecule has 0 saturated carbocycles. The quantitative estimate of drug-likeness (QED) is 0.838. The standard InChI is InChI=1S/C13H14N2O2/c16-13-6-10(7-15-13)14-8-11-5-9-3-1-2-4-12(9)17-11/h1-5,10,14H,6-8H2,(H,15,16). The van der Waals surface area contributed by atoms with E-state index in [1.807, 2.05) is 30.3 Å². The van der Waals surface area contributed by atoms with Crippen molar-refractivity contribution in [3.05, 3.63) is 36.1 Å². The Labute approximate surface area is 99.0 Å². The summed E-state index contributed by atoms with van der Waals surface area (Å²) in [6, 6.07) is 10.2. The summed E-state index contributed by atoms with van der Waals surface area (Å²) < 4.78 is 5.69. The molecule has 2 heterocycles. The van der Waals surface area contributed by atoms with Crippen molar-refractivity contribution in [3.63, 3.8) is 0 Å². The van der Waals surface area contributed by atoms with E-state index in [4.69, 9.17) is 4.42 Å². The Balaban J connectivity index is 1.66. The summed E-state index contributed by atoms with van der Waals surface area (Å²) in [7, 11) is 0. The fourth-order valence-corrected chi connectivity index (χ4v) is 2.12. The zero-order valence-electron chi connectivity index (χ0n) is 9.40. The van der Waals surface area contributed by atoms with E-state index in [9.17, 15) is 4.79 Å². The lowest BCUT2D eigenvalue weighted by Gasteiger charge is -2.07. The number of amides is 1. The zero-order chi connectivity index (χ0) is 11.7. The van der Waals surface area contributed by atoms with E-state index < -0.39 is 0 Å². The van der Waals surface area contributed by atoms with E-state index in [-0.39, 0.29) is 11.9 Å². The summed E-state index contributed by atoms with van der Waals surface area (Å²) in [5.74, 6) is 1.03. The van der Waals surface area contributed by atoms with Crippen LogP contribution in [0.5, 0.6) is 0 Å². The summed E-state index contributed by atoms with van der Waals surface area (Å²) in [6.07, 6.45) is 0.556. The minimum atomic E-state index is 0.118. The van der Waals surface area contributed by atoms with Gasteiger partial charge in [0.2, 0.25) is 5.91 Å². The van der Waals surface area contributed by atoms with Crippen LogP contribution in [0, 0.1) is 0 Å². The molecule has 3 rings (SSSR count). The number of para-hydroxylation sites is 1. The van der Waals surface area contributed by atoms with Crippen molar-refractivity contribution in [1.29, 1.82) is 0 Å². The van der Waals surface area contributed by atoms with Gasteiger partial charge in [-0.3, -0.25) is 4.79 Å². The number of fused-ring (bicyclic) bond motifs is 1. The van der Waals surface area contributed by atoms with Gasteiger partial charge in [0.05, 0.1) is 6.54 Å². The number of carbonyl (C=O) groups is 1. The summed E-state index contributed by atoms with van der Waals surface area (Å²) in [6.45, 7) is 1.37. The van der Waals surface area contributed by atoms with Crippen molar-refractivity contribution in [2.24, 2.45) is 0 Å². The average molecular weight is 230 g/mol. The highest BCUT2D eigenvalue weighted by Crippen LogP contribution is 2.18. The van der Waals surface area contributed by atoms with Gasteiger partial charge in [0, 0.05) is 24.4 Å². The molecular formula is C13H14N2O2. The van der Waals surface area contributed by atoms with E-state index in [1.165, 1.54) is 0 Å². The van der Waals surface area contributed by atoms with Crippen LogP contribution in [-0.2, 0) is 11.3 Å². The molecule has 1 aliphatic heterocycles. The number of benzene rings is 1. The Hall–Kier alpha value is -1.81. The van der Waals surface area contributed by atoms with Gasteiger partial charge in [-0.25, -0.2) is 0 Å². The van der Waals surface area contributed by atoms with Gasteiger partial charge in [0.25, 0.3) is 0 Å². The van der Waals surface area contributed by atoms with Crippen LogP contribution in [0.3, 0.4) is 0 Å². The molecule has 1 aromatic heterocycles. The maximum absolute atomic E-state index is 11.0. The minimum absolute atomic E-state index is 0.118. The minimum Gasteiger partial charge on any atom is -0.460 e. The summed E-state index contributed by atoms with van der Waals surface area (Å²) in [5, 5.41) is 7.23. The first-order valence-electron chi connectivity index (χ1n) is 5.79. The van der Waals surface area contributed by atoms with Crippen molar-refractivity contribution < 1.29 is 9.21 Å². The molecule has 2 N–H and O–H groups in total. The lowest BCUT2D eigenvalue weighted by molar-refractivity contribution is -0.119. The first-order valence-corrected chi connectivity index (χ1v) is 5.79. The Morgan fingerprint density at radius 3 is 3.06 bits per heavy atom. The smallest absolute Gasteiger partial charge is 0.221 e. The van der Waals surface area contributed by atoms with Crippen molar-refractivity contribution in [2.75, 3.05) is 6.54 Å². The third-order valence-electron chi connectivity index (χ3n) is 3.02. The van der Waals surface area contributed by atoms with Crippen molar-refractivity contribution >= 4 is 16.9 Å². The normalized spacial score (nSPS) is 19.8. The fourth-order valence-electron chi connectivity index (χ4n) is 2.12. The molecule has 0 bridgehead atoms. The number of rotatable bonds is 3. The molecule has 88 valence electrons. The molecule has 17 heavy (non-hydrogen) atoms. The monoisotopic (exact) mass is 230 g/mol. The molecule has 4 heteroatoms. The fraction of sp³-hybridized carbons (Fsp3) is 0.308. The molecule has 1 aromatic carbocycles. The van der Waals surface area contributed by atoms with Crippen LogP contribution >= 0.6 is 0 Å². The summed E-state index contributed by atoms with van der Waals surface area (Å²) >= 11 is 0. The van der Waals surface area contributed by atoms with Crippen LogP contribution < -0.4 is 10.6 Å². The van der Waals surface area contributed by atoms with Gasteiger partial charge in [0.1, 0.15) is 11.3 Å². The number of furan rings is 1. The van der Waals surface area contributed by atoms with Gasteiger partial charge >= 0.3 is 0 Å². The summed E-state index contributed by atoms with van der Waals surface area (Å²) in [5.41, 5.74) is 0.907. The van der Waals surface area contributed by atoms with E-state index in [1.54, 1.807) is 0 Å². The molecular weight excluding hydrogens is 216 g/mol. The number of nitrogens with one attached hydrogen (secondary N) is 2. The van der Waals surface area contributed by atoms with Gasteiger partial charge in [0.15, 0.2) is 0 Å². The second kappa shape index (κ2) is 4.22. The molecule has 0 aliphatic carbocycles. The Kier molecular flexibility index (Phi) is 2.57. The van der Waals surface area contributed by atoms with Gasteiger partial charge in [-0.15, -0.1) is 0 Å². The van der Waals surface area contributed by atoms with E-state index in [0.29, 0.717) is 19.5 Å². The van der Waals surface area contributed by atoms with E-state index in [2.05, 4.69) is 10.6 Å². The van der Waals surface area contributed by atoms with E-state index >= 15 is 0 Å². The molecule has 1 aliphatic rings. The molecule has 1 atom stereocenters. The van der Waals surface area contributed by atoms with Crippen LogP contribution in [0.15, 0.2) is 34.7 Å². The highest BCUT2D eigenvalue weighted by molar-refractivity contribution is 5.79. The number of hydrogen-bond donors (Lipinski definition) is 2. The van der Waals surface area contributed by atoms with Gasteiger partial charge < -0.3 is 15.1 Å². The Morgan fingerprint density at radius 2 is 2.29 bits per heavy atom. The topological polar surface area (TPSA) is 54.3 Å². The van der Waals surface area contributed by atoms with Crippen LogP contribution in [0.2, 0.25) is 0 Å². The van der Waals surface area contributed by atoms with E-state index in [0.717, 1.165) is 16.7 Å². The Morgan fingerprint density at radius 1 is 1.41 bits per heavy atom. The molecule has 1 amide bonds. The second-order valence-corrected chi connectivity index (χ2v) is 4.34. The van der Waals surface area contributed by atoms with Gasteiger partial charge in [-0.1, -0.05) is 18.2 Å². The predicted molar refractivity (Wildman–Crippen MR) is 64.5 cm³/mol. The summed E-state index contributed by atoms with van der Waals surface area (Å²) in [4.78, 5) is 11.0. The molecule has 1 fully saturated rings. The van der Waals surface area contributed by atoms with Crippen LogP contribution in [0.1, 0.15) is 12.2 Å². The first-order chi connectivity index (χ1) is 8.31. The first kappa shape index (κ1) is 10.4. The molecule has 0 radical (unpaired) electrons. The molecule has 4 nitrogen and oxygen atoms in total. The third kappa shape index (κ3) is 2.17. The SMILES string of the molecule is O=C1CC(NCc2cc3ccccc3o2)CN1. The largest absolute Gasteiger partial charge is 0.460 e. The number of carbonyl (C=O) groups excluding carboxylic acids is 1. The molecule has 2 aromatic rings. The van der Waals surface area contributed by atoms with Crippen molar-refractivity contribution in [2.45, 2.75) is 19.0 Å². The van der Waals surface area contributed by atoms with Crippen LogP contribution in [0.25, 0.3) is 11.0 Å². The molecule has 1 saturated heterocycles. The third-order valence-corrected chi connectivity index (χ3v) is 3.02. The second-order valence-electron chi connectivity index (χ2n) is 4.34. The molecule has 0 spiro atoms. The van der Waals surface area contributed by atoms with Gasteiger partial charge in [-0.2, -0.15) is 0 Å². The number of hydrogen-bond acceptors (Lipinski definition) is 3. The van der Waals surface area contributed by atoms with Crippen molar-refractivity contribution in [1.82, 2.24) is 10.6 Å². The maximum Gasteiger partial charge on any atom is 0.221 e. The average Bonchev–Trinajstić information content (AvgIpc) is 2.91. The highest BCUT2D eigenvalue weighted by Gasteiger charge is 2.20. The van der Waals surface area contributed by atoms with Crippen LogP contribution in [-0.4, -0.2) is 18.5 Å². The predicted octanol–water partition coefficient (Wildman–Crippen LogP) is 1.41. The van der Waals surface area contributed by atoms with Crippen molar-refractivity contribution in [3.8, 4) is 0 Å².